The van der Waals surface area contributed by atoms with Gasteiger partial charge in [0.25, 0.3) is 0 Å². The normalized spacial score (nSPS) is 10.7. The van der Waals surface area contributed by atoms with E-state index in [0.29, 0.717) is 23.2 Å². The SMILES string of the molecule is Cc1cc(N)nc(Cn2cc(Cl)c(C)n2)n1. The molecule has 0 saturated carbocycles. The fourth-order valence-corrected chi connectivity index (χ4v) is 1.60. The summed E-state index contributed by atoms with van der Waals surface area (Å²) in [5.74, 6) is 1.11. The molecule has 0 unspecified atom stereocenters. The molecule has 0 radical (unpaired) electrons. The van der Waals surface area contributed by atoms with Crippen LogP contribution in [0.4, 0.5) is 5.82 Å². The Labute approximate surface area is 98.3 Å². The number of nitrogen functional groups attached to an aromatic ring is 1. The Hall–Kier alpha value is -1.62. The van der Waals surface area contributed by atoms with Gasteiger partial charge in [0.05, 0.1) is 10.7 Å². The summed E-state index contributed by atoms with van der Waals surface area (Å²) < 4.78 is 1.70. The molecule has 0 aliphatic carbocycles. The highest BCUT2D eigenvalue weighted by Gasteiger charge is 2.05. The number of halogens is 1. The summed E-state index contributed by atoms with van der Waals surface area (Å²) >= 11 is 5.91. The average molecular weight is 238 g/mol. The first kappa shape index (κ1) is 10.9. The van der Waals surface area contributed by atoms with Crippen LogP contribution in [0.15, 0.2) is 12.3 Å². The number of hydrogen-bond acceptors (Lipinski definition) is 4. The fourth-order valence-electron chi connectivity index (χ4n) is 1.45. The van der Waals surface area contributed by atoms with Crippen molar-refractivity contribution < 1.29 is 0 Å². The number of anilines is 1. The first-order chi connectivity index (χ1) is 7.54. The van der Waals surface area contributed by atoms with Gasteiger partial charge in [-0.3, -0.25) is 4.68 Å². The fraction of sp³-hybridized carbons (Fsp3) is 0.300. The molecule has 0 spiro atoms. The molecule has 0 aliphatic rings. The first-order valence-corrected chi connectivity index (χ1v) is 5.22. The van der Waals surface area contributed by atoms with Gasteiger partial charge in [0.2, 0.25) is 0 Å². The Morgan fingerprint density at radius 3 is 2.69 bits per heavy atom. The molecule has 16 heavy (non-hydrogen) atoms. The summed E-state index contributed by atoms with van der Waals surface area (Å²) in [6.45, 7) is 4.20. The van der Waals surface area contributed by atoms with Crippen LogP contribution in [0, 0.1) is 13.8 Å². The van der Waals surface area contributed by atoms with Crippen molar-refractivity contribution in [2.24, 2.45) is 0 Å². The highest BCUT2D eigenvalue weighted by molar-refractivity contribution is 6.31. The van der Waals surface area contributed by atoms with Crippen molar-refractivity contribution >= 4 is 17.4 Å². The molecule has 5 nitrogen and oxygen atoms in total. The molecule has 2 N–H and O–H groups in total. The van der Waals surface area contributed by atoms with Crippen LogP contribution in [0.1, 0.15) is 17.2 Å². The summed E-state index contributed by atoms with van der Waals surface area (Å²) in [6.07, 6.45) is 1.75. The van der Waals surface area contributed by atoms with Crippen LogP contribution < -0.4 is 5.73 Å². The molecule has 0 atom stereocenters. The van der Waals surface area contributed by atoms with E-state index in [1.807, 2.05) is 13.8 Å². The van der Waals surface area contributed by atoms with Gasteiger partial charge >= 0.3 is 0 Å². The quantitative estimate of drug-likeness (QED) is 0.861. The summed E-state index contributed by atoms with van der Waals surface area (Å²) in [5.41, 5.74) is 7.28. The van der Waals surface area contributed by atoms with Gasteiger partial charge in [-0.1, -0.05) is 11.6 Å². The van der Waals surface area contributed by atoms with Crippen molar-refractivity contribution in [1.82, 2.24) is 19.7 Å². The van der Waals surface area contributed by atoms with Gasteiger partial charge in [-0.25, -0.2) is 9.97 Å². The number of aryl methyl sites for hydroxylation is 2. The third-order valence-corrected chi connectivity index (χ3v) is 2.48. The monoisotopic (exact) mass is 237 g/mol. The lowest BCUT2D eigenvalue weighted by Gasteiger charge is -2.02. The van der Waals surface area contributed by atoms with Crippen molar-refractivity contribution in [2.75, 3.05) is 5.73 Å². The second-order valence-corrected chi connectivity index (χ2v) is 4.02. The van der Waals surface area contributed by atoms with Crippen LogP contribution in [-0.4, -0.2) is 19.7 Å². The van der Waals surface area contributed by atoms with E-state index in [-0.39, 0.29) is 0 Å². The Bertz CT molecular complexity index is 480. The van der Waals surface area contributed by atoms with Crippen LogP contribution >= 0.6 is 11.6 Å². The van der Waals surface area contributed by atoms with E-state index in [4.69, 9.17) is 17.3 Å². The molecule has 0 aromatic carbocycles. The molecular weight excluding hydrogens is 226 g/mol. The third-order valence-electron chi connectivity index (χ3n) is 2.11. The first-order valence-electron chi connectivity index (χ1n) is 4.84. The van der Waals surface area contributed by atoms with E-state index in [0.717, 1.165) is 11.4 Å². The standard InChI is InChI=1S/C10H12ClN5/c1-6-3-9(12)14-10(13-6)5-16-4-8(11)7(2)15-16/h3-4H,5H2,1-2H3,(H2,12,13,14). The zero-order valence-electron chi connectivity index (χ0n) is 9.11. The van der Waals surface area contributed by atoms with Crippen molar-refractivity contribution in [1.29, 1.82) is 0 Å². The van der Waals surface area contributed by atoms with Crippen LogP contribution in [-0.2, 0) is 6.54 Å². The van der Waals surface area contributed by atoms with Crippen molar-refractivity contribution in [3.05, 3.63) is 34.5 Å². The minimum Gasteiger partial charge on any atom is -0.384 e. The van der Waals surface area contributed by atoms with E-state index in [1.54, 1.807) is 16.9 Å². The average Bonchev–Trinajstić information content (AvgIpc) is 2.43. The predicted octanol–water partition coefficient (Wildman–Crippen LogP) is 1.57. The lowest BCUT2D eigenvalue weighted by molar-refractivity contribution is 0.648. The summed E-state index contributed by atoms with van der Waals surface area (Å²) in [5, 5.41) is 4.87. The van der Waals surface area contributed by atoms with Crippen LogP contribution in [0.25, 0.3) is 0 Å². The van der Waals surface area contributed by atoms with Crippen LogP contribution in [0.3, 0.4) is 0 Å². The van der Waals surface area contributed by atoms with Gasteiger partial charge < -0.3 is 5.73 Å². The maximum Gasteiger partial charge on any atom is 0.152 e. The maximum absolute atomic E-state index is 5.91. The van der Waals surface area contributed by atoms with Crippen LogP contribution in [0.2, 0.25) is 5.02 Å². The number of nitrogens with two attached hydrogens (primary N) is 1. The minimum atomic E-state index is 0.470. The minimum absolute atomic E-state index is 0.470. The molecule has 0 aliphatic heterocycles. The van der Waals surface area contributed by atoms with Gasteiger partial charge in [0.15, 0.2) is 5.82 Å². The van der Waals surface area contributed by atoms with Crippen LogP contribution in [0.5, 0.6) is 0 Å². The van der Waals surface area contributed by atoms with Gasteiger partial charge in [-0.2, -0.15) is 5.10 Å². The third kappa shape index (κ3) is 2.30. The van der Waals surface area contributed by atoms with Gasteiger partial charge in [0, 0.05) is 18.0 Å². The van der Waals surface area contributed by atoms with E-state index in [2.05, 4.69) is 15.1 Å². The van der Waals surface area contributed by atoms with Crippen molar-refractivity contribution in [2.45, 2.75) is 20.4 Å². The molecule has 0 fully saturated rings. The maximum atomic E-state index is 5.91. The molecule has 0 saturated heterocycles. The molecule has 0 amide bonds. The number of hydrogen-bond donors (Lipinski definition) is 1. The topological polar surface area (TPSA) is 69.6 Å². The highest BCUT2D eigenvalue weighted by atomic mass is 35.5. The lowest BCUT2D eigenvalue weighted by Crippen LogP contribution is -2.07. The highest BCUT2D eigenvalue weighted by Crippen LogP contribution is 2.13. The summed E-state index contributed by atoms with van der Waals surface area (Å²) in [6, 6.07) is 1.73. The van der Waals surface area contributed by atoms with Crippen molar-refractivity contribution in [3.63, 3.8) is 0 Å². The van der Waals surface area contributed by atoms with E-state index < -0.39 is 0 Å². The Balaban J connectivity index is 2.26. The zero-order valence-corrected chi connectivity index (χ0v) is 9.86. The largest absolute Gasteiger partial charge is 0.384 e. The van der Waals surface area contributed by atoms with E-state index >= 15 is 0 Å². The Kier molecular flexibility index (Phi) is 2.78. The Morgan fingerprint density at radius 2 is 2.12 bits per heavy atom. The van der Waals surface area contributed by atoms with Gasteiger partial charge in [-0.05, 0) is 13.8 Å². The lowest BCUT2D eigenvalue weighted by atomic mass is 10.4. The van der Waals surface area contributed by atoms with Gasteiger partial charge in [0.1, 0.15) is 12.4 Å². The summed E-state index contributed by atoms with van der Waals surface area (Å²) in [4.78, 5) is 8.40. The molecular formula is C10H12ClN5. The molecule has 2 rings (SSSR count). The van der Waals surface area contributed by atoms with E-state index in [1.165, 1.54) is 0 Å². The smallest absolute Gasteiger partial charge is 0.152 e. The summed E-state index contributed by atoms with van der Waals surface area (Å²) in [7, 11) is 0. The number of nitrogens with zero attached hydrogens (tertiary/aromatic N) is 4. The molecule has 2 heterocycles. The Morgan fingerprint density at radius 1 is 1.38 bits per heavy atom. The number of rotatable bonds is 2. The van der Waals surface area contributed by atoms with Crippen molar-refractivity contribution in [3.8, 4) is 0 Å². The molecule has 2 aromatic rings. The molecule has 6 heteroatoms. The predicted molar refractivity (Wildman–Crippen MR) is 62.3 cm³/mol. The molecule has 2 aromatic heterocycles. The molecule has 0 bridgehead atoms. The second-order valence-electron chi connectivity index (χ2n) is 3.61. The molecule has 84 valence electrons. The number of aromatic nitrogens is 4. The zero-order chi connectivity index (χ0) is 11.7. The second kappa shape index (κ2) is 4.09. The van der Waals surface area contributed by atoms with E-state index in [9.17, 15) is 0 Å². The van der Waals surface area contributed by atoms with Gasteiger partial charge in [-0.15, -0.1) is 0 Å².